The maximum absolute atomic E-state index is 12.8. The van der Waals surface area contributed by atoms with Crippen molar-refractivity contribution in [2.24, 2.45) is 0 Å². The first-order valence-electron chi connectivity index (χ1n) is 10.3. The van der Waals surface area contributed by atoms with Crippen molar-refractivity contribution in [3.63, 3.8) is 0 Å². The zero-order valence-electron chi connectivity index (χ0n) is 17.9. The fraction of sp³-hybridized carbons (Fsp3) is 0.417. The normalized spacial score (nSPS) is 14.1. The number of rotatable bonds is 5. The van der Waals surface area contributed by atoms with Gasteiger partial charge in [0, 0.05) is 57.4 Å². The summed E-state index contributed by atoms with van der Waals surface area (Å²) in [5, 5.41) is 0. The highest BCUT2D eigenvalue weighted by molar-refractivity contribution is 5.92. The minimum absolute atomic E-state index is 0.0351. The van der Waals surface area contributed by atoms with Crippen LogP contribution in [0.1, 0.15) is 30.0 Å². The largest absolute Gasteiger partial charge is 0.368 e. The molecule has 1 aliphatic rings. The molecule has 0 aliphatic carbocycles. The third-order valence-electron chi connectivity index (χ3n) is 5.45. The van der Waals surface area contributed by atoms with E-state index in [-0.39, 0.29) is 11.8 Å². The number of hydrogen-bond acceptors (Lipinski definition) is 3. The van der Waals surface area contributed by atoms with Crippen LogP contribution in [0.4, 0.5) is 11.4 Å². The van der Waals surface area contributed by atoms with Gasteiger partial charge in [-0.1, -0.05) is 18.2 Å². The summed E-state index contributed by atoms with van der Waals surface area (Å²) in [5.74, 6) is 0.0802. The molecular formula is C24H31N3O2. The average Bonchev–Trinajstić information content (AvgIpc) is 2.67. The van der Waals surface area contributed by atoms with Crippen LogP contribution in [0, 0.1) is 20.8 Å². The molecule has 1 heterocycles. The van der Waals surface area contributed by atoms with Crippen molar-refractivity contribution in [3.8, 4) is 0 Å². The number of carbonyl (C=O) groups excluding carboxylic acids is 2. The molecule has 0 unspecified atom stereocenters. The molecule has 2 amide bonds. The summed E-state index contributed by atoms with van der Waals surface area (Å²) < 4.78 is 0. The van der Waals surface area contributed by atoms with E-state index in [2.05, 4.69) is 42.2 Å². The smallest absolute Gasteiger partial charge is 0.224 e. The Hall–Kier alpha value is -2.82. The van der Waals surface area contributed by atoms with E-state index in [1.165, 1.54) is 11.3 Å². The minimum Gasteiger partial charge on any atom is -0.368 e. The first-order chi connectivity index (χ1) is 13.8. The van der Waals surface area contributed by atoms with Crippen LogP contribution in [-0.2, 0) is 9.59 Å². The van der Waals surface area contributed by atoms with E-state index < -0.39 is 0 Å². The molecule has 3 rings (SSSR count). The minimum atomic E-state index is -0.0351. The third kappa shape index (κ3) is 5.37. The van der Waals surface area contributed by atoms with Gasteiger partial charge in [-0.15, -0.1) is 0 Å². The number of hydrogen-bond donors (Lipinski definition) is 0. The van der Waals surface area contributed by atoms with Crippen molar-refractivity contribution in [2.45, 2.75) is 34.1 Å². The van der Waals surface area contributed by atoms with Gasteiger partial charge in [0.25, 0.3) is 0 Å². The fourth-order valence-electron chi connectivity index (χ4n) is 3.98. The van der Waals surface area contributed by atoms with Crippen molar-refractivity contribution in [3.05, 3.63) is 59.2 Å². The summed E-state index contributed by atoms with van der Waals surface area (Å²) in [4.78, 5) is 30.9. The maximum Gasteiger partial charge on any atom is 0.224 e. The van der Waals surface area contributed by atoms with Gasteiger partial charge in [0.15, 0.2) is 0 Å². The molecule has 0 saturated carbocycles. The van der Waals surface area contributed by atoms with Crippen molar-refractivity contribution in [1.82, 2.24) is 4.90 Å². The molecule has 1 saturated heterocycles. The summed E-state index contributed by atoms with van der Waals surface area (Å²) in [5.41, 5.74) is 5.56. The van der Waals surface area contributed by atoms with Crippen molar-refractivity contribution in [2.75, 3.05) is 42.5 Å². The van der Waals surface area contributed by atoms with Crippen LogP contribution in [0.2, 0.25) is 0 Å². The van der Waals surface area contributed by atoms with Gasteiger partial charge < -0.3 is 14.7 Å². The zero-order valence-corrected chi connectivity index (χ0v) is 17.9. The fourth-order valence-corrected chi connectivity index (χ4v) is 3.98. The van der Waals surface area contributed by atoms with Gasteiger partial charge in [-0.05, 0) is 61.7 Å². The van der Waals surface area contributed by atoms with E-state index in [0.717, 1.165) is 43.0 Å². The molecule has 0 spiro atoms. The summed E-state index contributed by atoms with van der Waals surface area (Å²) in [6.45, 7) is 11.2. The monoisotopic (exact) mass is 393 g/mol. The molecule has 154 valence electrons. The quantitative estimate of drug-likeness (QED) is 0.778. The van der Waals surface area contributed by atoms with E-state index in [1.54, 1.807) is 11.8 Å². The zero-order chi connectivity index (χ0) is 21.0. The van der Waals surface area contributed by atoms with Crippen LogP contribution < -0.4 is 9.80 Å². The molecule has 0 N–H and O–H groups in total. The molecular weight excluding hydrogens is 362 g/mol. The van der Waals surface area contributed by atoms with Gasteiger partial charge in [-0.2, -0.15) is 0 Å². The summed E-state index contributed by atoms with van der Waals surface area (Å²) >= 11 is 0. The van der Waals surface area contributed by atoms with E-state index in [1.807, 2.05) is 30.9 Å². The Bertz CT molecular complexity index is 865. The molecule has 5 nitrogen and oxygen atoms in total. The molecule has 0 radical (unpaired) electrons. The number of piperazine rings is 1. The van der Waals surface area contributed by atoms with Crippen LogP contribution >= 0.6 is 0 Å². The predicted octanol–water partition coefficient (Wildman–Crippen LogP) is 3.70. The van der Waals surface area contributed by atoms with Crippen LogP contribution in [-0.4, -0.2) is 49.4 Å². The van der Waals surface area contributed by atoms with Crippen LogP contribution in [0.25, 0.3) is 0 Å². The Morgan fingerprint density at radius 1 is 0.897 bits per heavy atom. The molecule has 1 aliphatic heterocycles. The number of benzene rings is 2. The molecule has 2 aromatic rings. The Kier molecular flexibility index (Phi) is 6.57. The highest BCUT2D eigenvalue weighted by atomic mass is 16.2. The van der Waals surface area contributed by atoms with Gasteiger partial charge >= 0.3 is 0 Å². The number of anilines is 2. The van der Waals surface area contributed by atoms with Crippen molar-refractivity contribution < 1.29 is 9.59 Å². The lowest BCUT2D eigenvalue weighted by Gasteiger charge is -2.36. The second-order valence-electron chi connectivity index (χ2n) is 7.97. The Labute approximate surface area is 173 Å². The maximum atomic E-state index is 12.8. The Balaban J connectivity index is 1.56. The number of nitrogens with zero attached hydrogens (tertiary/aromatic N) is 3. The second kappa shape index (κ2) is 9.12. The standard InChI is InChI=1S/C24H31N3O2/c1-18-6-5-7-22(15-18)25-10-12-26(13-11-25)24(29)8-9-27(21(4)28)23-16-19(2)14-20(3)17-23/h5-7,14-17H,8-13H2,1-4H3. The molecule has 5 heteroatoms. The SMILES string of the molecule is CC(=O)N(CCC(=O)N1CCN(c2cccc(C)c2)CC1)c1cc(C)cc(C)c1. The van der Waals surface area contributed by atoms with Crippen molar-refractivity contribution in [1.29, 1.82) is 0 Å². The van der Waals surface area contributed by atoms with Crippen LogP contribution in [0.15, 0.2) is 42.5 Å². The van der Waals surface area contributed by atoms with Gasteiger partial charge in [0.05, 0.1) is 0 Å². The summed E-state index contributed by atoms with van der Waals surface area (Å²) in [6, 6.07) is 14.6. The third-order valence-corrected chi connectivity index (χ3v) is 5.45. The topological polar surface area (TPSA) is 43.9 Å². The van der Waals surface area contributed by atoms with Gasteiger partial charge in [0.1, 0.15) is 0 Å². The van der Waals surface area contributed by atoms with E-state index in [0.29, 0.717) is 13.0 Å². The number of amides is 2. The first-order valence-corrected chi connectivity index (χ1v) is 10.3. The Morgan fingerprint density at radius 3 is 2.14 bits per heavy atom. The summed E-state index contributed by atoms with van der Waals surface area (Å²) in [6.07, 6.45) is 0.344. The molecule has 0 aromatic heterocycles. The lowest BCUT2D eigenvalue weighted by molar-refractivity contribution is -0.131. The van der Waals surface area contributed by atoms with Gasteiger partial charge in [-0.25, -0.2) is 0 Å². The Morgan fingerprint density at radius 2 is 1.55 bits per heavy atom. The molecule has 1 fully saturated rings. The van der Waals surface area contributed by atoms with Crippen LogP contribution in [0.3, 0.4) is 0 Å². The lowest BCUT2D eigenvalue weighted by atomic mass is 10.1. The van der Waals surface area contributed by atoms with Gasteiger partial charge in [0.2, 0.25) is 11.8 Å². The molecule has 2 aromatic carbocycles. The van der Waals surface area contributed by atoms with Crippen molar-refractivity contribution >= 4 is 23.2 Å². The molecule has 0 bridgehead atoms. The van der Waals surface area contributed by atoms with Crippen LogP contribution in [0.5, 0.6) is 0 Å². The summed E-state index contributed by atoms with van der Waals surface area (Å²) in [7, 11) is 0. The second-order valence-corrected chi connectivity index (χ2v) is 7.97. The van der Waals surface area contributed by atoms with E-state index >= 15 is 0 Å². The number of aryl methyl sites for hydroxylation is 3. The predicted molar refractivity (Wildman–Crippen MR) is 119 cm³/mol. The van der Waals surface area contributed by atoms with Gasteiger partial charge in [-0.3, -0.25) is 9.59 Å². The first kappa shape index (κ1) is 20.9. The average molecular weight is 394 g/mol. The number of carbonyl (C=O) groups is 2. The highest BCUT2D eigenvalue weighted by Gasteiger charge is 2.22. The molecule has 0 atom stereocenters. The highest BCUT2D eigenvalue weighted by Crippen LogP contribution is 2.21. The molecule has 29 heavy (non-hydrogen) atoms. The van der Waals surface area contributed by atoms with E-state index in [4.69, 9.17) is 0 Å². The lowest BCUT2D eigenvalue weighted by Crippen LogP contribution is -2.49. The van der Waals surface area contributed by atoms with E-state index in [9.17, 15) is 9.59 Å².